The smallest absolute Gasteiger partial charge is 0.107 e. The van der Waals surface area contributed by atoms with Gasteiger partial charge in [0.1, 0.15) is 4.60 Å². The number of aromatic nitrogens is 1. The van der Waals surface area contributed by atoms with Crippen LogP contribution in [-0.4, -0.2) is 4.98 Å². The van der Waals surface area contributed by atoms with E-state index in [0.29, 0.717) is 0 Å². The van der Waals surface area contributed by atoms with Crippen LogP contribution in [-0.2, 0) is 0 Å². The quantitative estimate of drug-likeness (QED) is 0.590. The molecule has 0 saturated carbocycles. The first-order chi connectivity index (χ1) is 4.86. The highest BCUT2D eigenvalue weighted by molar-refractivity contribution is 14.2. The zero-order valence-electron chi connectivity index (χ0n) is 4.81. The number of nitrogens with zero attached hydrogens (tertiary/aromatic N) is 2. The van der Waals surface area contributed by atoms with Gasteiger partial charge in [-0.2, -0.15) is 0 Å². The second-order valence-corrected chi connectivity index (χ2v) is 4.71. The minimum Gasteiger partial charge on any atom is -0.271 e. The fraction of sp³-hybridized carbons (Fsp3) is 0. The number of anilines is 1. The maximum Gasteiger partial charge on any atom is 0.107 e. The Labute approximate surface area is 76.5 Å². The van der Waals surface area contributed by atoms with Gasteiger partial charge in [-0.3, -0.25) is 5.43 Å². The molecule has 0 spiro atoms. The molecule has 1 aromatic heterocycles. The van der Waals surface area contributed by atoms with Crippen molar-refractivity contribution in [1.29, 1.82) is 0 Å². The molecule has 5 heteroatoms. The van der Waals surface area contributed by atoms with Gasteiger partial charge >= 0.3 is 0 Å². The van der Waals surface area contributed by atoms with Crippen LogP contribution in [0.5, 0.6) is 0 Å². The summed E-state index contributed by atoms with van der Waals surface area (Å²) in [4.78, 5) is 4.06. The predicted molar refractivity (Wildman–Crippen MR) is 50.7 cm³/mol. The highest BCUT2D eigenvalue weighted by Crippen LogP contribution is 2.30. The summed E-state index contributed by atoms with van der Waals surface area (Å²) in [5, 5.41) is 0. The van der Waals surface area contributed by atoms with Gasteiger partial charge in [0.2, 0.25) is 0 Å². The minimum absolute atomic E-state index is 0.150. The summed E-state index contributed by atoms with van der Waals surface area (Å²) in [5.74, 6) is 0. The summed E-state index contributed by atoms with van der Waals surface area (Å²) < 4.78 is 6.29. The Bertz CT molecular complexity index is 299. The molecule has 10 heavy (non-hydrogen) atoms. The maximum absolute atomic E-state index is 4.09. The number of pyridine rings is 1. The molecule has 0 aromatic carbocycles. The van der Waals surface area contributed by atoms with Crippen LogP contribution in [0.3, 0.4) is 0 Å². The van der Waals surface area contributed by atoms with Crippen LogP contribution in [0.2, 0.25) is 0 Å². The van der Waals surface area contributed by atoms with Crippen LogP contribution in [0.15, 0.2) is 20.1 Å². The molecule has 1 aliphatic rings. The molecule has 3 nitrogen and oxygen atoms in total. The minimum atomic E-state index is -0.150. The third-order valence-corrected chi connectivity index (χ3v) is 3.44. The molecule has 1 aliphatic heterocycles. The van der Waals surface area contributed by atoms with E-state index in [1.54, 1.807) is 6.20 Å². The first kappa shape index (κ1) is 6.66. The summed E-state index contributed by atoms with van der Waals surface area (Å²) in [6.07, 6.45) is 1.80. The first-order valence-electron chi connectivity index (χ1n) is 2.62. The van der Waals surface area contributed by atoms with Gasteiger partial charge in [0.05, 0.1) is 36.5 Å². The SMILES string of the molecule is Brc1cc2c(cn1)NN=I2. The normalized spacial score (nSPS) is 13.7. The topological polar surface area (TPSA) is 37.3 Å². The zero-order valence-corrected chi connectivity index (χ0v) is 8.55. The molecule has 1 N–H and O–H groups in total. The number of nitrogens with one attached hydrogen (secondary N) is 1. The van der Waals surface area contributed by atoms with E-state index in [2.05, 4.69) is 29.6 Å². The average Bonchev–Trinajstić information content (AvgIpc) is 2.33. The lowest BCUT2D eigenvalue weighted by atomic mass is 10.4. The Kier molecular flexibility index (Phi) is 1.69. The van der Waals surface area contributed by atoms with Crippen molar-refractivity contribution >= 4 is 42.7 Å². The van der Waals surface area contributed by atoms with Crippen LogP contribution in [0.25, 0.3) is 0 Å². The summed E-state index contributed by atoms with van der Waals surface area (Å²) in [5.41, 5.74) is 3.98. The standard InChI is InChI=1S/C5H3BrIN3/c6-5-1-3-4(2-8-5)9-10-7-3/h1-2,9H. The Morgan fingerprint density at radius 3 is 3.40 bits per heavy atom. The van der Waals surface area contributed by atoms with Crippen molar-refractivity contribution in [2.75, 3.05) is 5.43 Å². The predicted octanol–water partition coefficient (Wildman–Crippen LogP) is 2.51. The molecule has 0 amide bonds. The summed E-state index contributed by atoms with van der Waals surface area (Å²) in [6, 6.07) is 2.02. The Balaban J connectivity index is 2.60. The lowest BCUT2D eigenvalue weighted by molar-refractivity contribution is 1.24. The van der Waals surface area contributed by atoms with Gasteiger partial charge in [-0.05, 0) is 22.0 Å². The maximum atomic E-state index is 4.09. The van der Waals surface area contributed by atoms with E-state index < -0.39 is 0 Å². The Morgan fingerprint density at radius 1 is 1.60 bits per heavy atom. The van der Waals surface area contributed by atoms with E-state index in [0.717, 1.165) is 10.3 Å². The van der Waals surface area contributed by atoms with Gasteiger partial charge in [0.25, 0.3) is 0 Å². The molecule has 2 heterocycles. The van der Waals surface area contributed by atoms with Crippen molar-refractivity contribution in [2.45, 2.75) is 0 Å². The molecule has 52 valence electrons. The van der Waals surface area contributed by atoms with E-state index in [9.17, 15) is 0 Å². The first-order valence-corrected chi connectivity index (χ1v) is 5.46. The Morgan fingerprint density at radius 2 is 2.50 bits per heavy atom. The van der Waals surface area contributed by atoms with Crippen LogP contribution in [0.4, 0.5) is 5.69 Å². The van der Waals surface area contributed by atoms with Gasteiger partial charge in [-0.15, -0.1) is 3.25 Å². The molecule has 2 rings (SSSR count). The molecule has 1 aromatic rings. The lowest BCUT2D eigenvalue weighted by Crippen LogP contribution is -1.85. The van der Waals surface area contributed by atoms with Gasteiger partial charge in [-0.25, -0.2) is 4.98 Å². The zero-order chi connectivity index (χ0) is 6.97. The van der Waals surface area contributed by atoms with E-state index in [1.807, 2.05) is 6.07 Å². The second-order valence-electron chi connectivity index (χ2n) is 1.77. The van der Waals surface area contributed by atoms with Gasteiger partial charge in [0, 0.05) is 0 Å². The van der Waals surface area contributed by atoms with Crippen LogP contribution < -0.4 is 5.43 Å². The number of fused-ring (bicyclic) bond motifs is 1. The summed E-state index contributed by atoms with van der Waals surface area (Å²) in [6.45, 7) is 0. The molecule has 0 saturated heterocycles. The van der Waals surface area contributed by atoms with Crippen molar-refractivity contribution < 1.29 is 0 Å². The highest BCUT2D eigenvalue weighted by atomic mass is 127. The number of hydrogen-bond acceptors (Lipinski definition) is 3. The van der Waals surface area contributed by atoms with Crippen molar-refractivity contribution in [3.05, 3.63) is 20.4 Å². The molecule has 0 bridgehead atoms. The third kappa shape index (κ3) is 1.07. The van der Waals surface area contributed by atoms with E-state index in [1.165, 1.54) is 3.57 Å². The van der Waals surface area contributed by atoms with Crippen LogP contribution in [0.1, 0.15) is 0 Å². The van der Waals surface area contributed by atoms with Crippen molar-refractivity contribution in [3.63, 3.8) is 0 Å². The third-order valence-electron chi connectivity index (χ3n) is 1.12. The molecule has 0 unspecified atom stereocenters. The Hall–Kier alpha value is -0.0400. The fourth-order valence-corrected chi connectivity index (χ4v) is 3.03. The van der Waals surface area contributed by atoms with E-state index >= 15 is 0 Å². The van der Waals surface area contributed by atoms with Crippen LogP contribution in [0, 0.1) is 3.57 Å². The number of rotatable bonds is 0. The molecule has 0 atom stereocenters. The molecule has 0 fully saturated rings. The average molecular weight is 312 g/mol. The van der Waals surface area contributed by atoms with Crippen molar-refractivity contribution in [1.82, 2.24) is 4.98 Å². The number of halogens is 2. The van der Waals surface area contributed by atoms with Crippen molar-refractivity contribution in [3.8, 4) is 0 Å². The van der Waals surface area contributed by atoms with Gasteiger partial charge in [-0.1, -0.05) is 0 Å². The molecule has 0 radical (unpaired) electrons. The van der Waals surface area contributed by atoms with Gasteiger partial charge in [0.15, 0.2) is 0 Å². The molecular formula is C5H3BrIN3. The second kappa shape index (κ2) is 2.54. The number of hydrogen-bond donors (Lipinski definition) is 1. The van der Waals surface area contributed by atoms with E-state index in [4.69, 9.17) is 0 Å². The van der Waals surface area contributed by atoms with Gasteiger partial charge < -0.3 is 0 Å². The fourth-order valence-electron chi connectivity index (χ4n) is 0.672. The summed E-state index contributed by atoms with van der Waals surface area (Å²) in [7, 11) is 0. The monoisotopic (exact) mass is 311 g/mol. The summed E-state index contributed by atoms with van der Waals surface area (Å²) >= 11 is 3.15. The molecular weight excluding hydrogens is 309 g/mol. The molecule has 0 aliphatic carbocycles. The van der Waals surface area contributed by atoms with Crippen LogP contribution >= 0.6 is 37.0 Å². The largest absolute Gasteiger partial charge is 0.271 e. The van der Waals surface area contributed by atoms with Crippen molar-refractivity contribution in [2.24, 2.45) is 3.25 Å². The van der Waals surface area contributed by atoms with E-state index in [-0.39, 0.29) is 21.0 Å². The lowest BCUT2D eigenvalue weighted by Gasteiger charge is -1.94. The highest BCUT2D eigenvalue weighted by Gasteiger charge is 2.06.